The number of halogens is 2. The summed E-state index contributed by atoms with van der Waals surface area (Å²) in [6.07, 6.45) is 1.33. The van der Waals surface area contributed by atoms with Gasteiger partial charge in [0.15, 0.2) is 0 Å². The second kappa shape index (κ2) is 7.05. The number of carbonyl (C=O) groups excluding carboxylic acids is 1. The lowest BCUT2D eigenvalue weighted by Gasteiger charge is -2.19. The second-order valence-corrected chi connectivity index (χ2v) is 4.70. The van der Waals surface area contributed by atoms with Crippen molar-refractivity contribution in [1.29, 1.82) is 0 Å². The van der Waals surface area contributed by atoms with Crippen LogP contribution in [0.5, 0.6) is 0 Å². The fourth-order valence-corrected chi connectivity index (χ4v) is 1.95. The number of hydrogen-bond donors (Lipinski definition) is 1. The lowest BCUT2D eigenvalue weighted by molar-refractivity contribution is -0.384. The number of carboxylic acid groups (broad SMARTS) is 1. The number of benzene rings is 1. The number of amides is 1. The highest BCUT2D eigenvalue weighted by Crippen LogP contribution is 2.31. The maximum Gasteiger partial charge on any atom is 0.323 e. The van der Waals surface area contributed by atoms with Crippen LogP contribution in [0.25, 0.3) is 0 Å². The summed E-state index contributed by atoms with van der Waals surface area (Å²) in [5, 5.41) is 19.2. The average Bonchev–Trinajstić information content (AvgIpc) is 2.39. The molecule has 1 N–H and O–H groups in total. The Balaban J connectivity index is 3.29. The SMILES string of the molecule is C=CCN(CC(=O)O)C(=O)c1cc([N+](=O)[O-])cc(Cl)c1Cl. The van der Waals surface area contributed by atoms with E-state index < -0.39 is 29.0 Å². The van der Waals surface area contributed by atoms with Gasteiger partial charge in [-0.3, -0.25) is 19.7 Å². The first-order valence-corrected chi connectivity index (χ1v) is 6.29. The highest BCUT2D eigenvalue weighted by Gasteiger charge is 2.24. The van der Waals surface area contributed by atoms with Gasteiger partial charge in [0.25, 0.3) is 11.6 Å². The number of non-ortho nitro benzene ring substituents is 1. The molecule has 9 heteroatoms. The molecule has 0 unspecified atom stereocenters. The van der Waals surface area contributed by atoms with E-state index in [4.69, 9.17) is 28.3 Å². The smallest absolute Gasteiger partial charge is 0.323 e. The fraction of sp³-hybridized carbons (Fsp3) is 0.167. The van der Waals surface area contributed by atoms with Crippen LogP contribution in [0.15, 0.2) is 24.8 Å². The summed E-state index contributed by atoms with van der Waals surface area (Å²) in [7, 11) is 0. The lowest BCUT2D eigenvalue weighted by Crippen LogP contribution is -2.36. The van der Waals surface area contributed by atoms with E-state index in [0.717, 1.165) is 17.0 Å². The van der Waals surface area contributed by atoms with Crippen LogP contribution < -0.4 is 0 Å². The molecule has 0 spiro atoms. The molecule has 0 saturated heterocycles. The van der Waals surface area contributed by atoms with Crippen molar-refractivity contribution >= 4 is 40.8 Å². The van der Waals surface area contributed by atoms with E-state index in [1.54, 1.807) is 0 Å². The van der Waals surface area contributed by atoms with Crippen LogP contribution in [0, 0.1) is 10.1 Å². The number of nitro benzene ring substituents is 1. The summed E-state index contributed by atoms with van der Waals surface area (Å²) in [5.41, 5.74) is -0.652. The molecular formula is C12H10Cl2N2O5. The van der Waals surface area contributed by atoms with Gasteiger partial charge in [-0.05, 0) is 0 Å². The lowest BCUT2D eigenvalue weighted by atomic mass is 10.1. The molecule has 0 aliphatic carbocycles. The van der Waals surface area contributed by atoms with E-state index >= 15 is 0 Å². The molecule has 1 aromatic carbocycles. The number of nitro groups is 1. The van der Waals surface area contributed by atoms with Crippen LogP contribution in [0.2, 0.25) is 10.0 Å². The highest BCUT2D eigenvalue weighted by molar-refractivity contribution is 6.44. The van der Waals surface area contributed by atoms with Crippen LogP contribution in [0.4, 0.5) is 5.69 Å². The number of carbonyl (C=O) groups is 2. The predicted molar refractivity (Wildman–Crippen MR) is 76.9 cm³/mol. The number of carboxylic acids is 1. The van der Waals surface area contributed by atoms with Crippen LogP contribution in [0.3, 0.4) is 0 Å². The van der Waals surface area contributed by atoms with Crippen LogP contribution >= 0.6 is 23.2 Å². The van der Waals surface area contributed by atoms with Gasteiger partial charge in [0, 0.05) is 18.7 Å². The Morgan fingerprint density at radius 1 is 1.43 bits per heavy atom. The van der Waals surface area contributed by atoms with Crippen LogP contribution in [-0.4, -0.2) is 39.9 Å². The average molecular weight is 333 g/mol. The van der Waals surface area contributed by atoms with Gasteiger partial charge in [0.1, 0.15) is 6.54 Å². The summed E-state index contributed by atoms with van der Waals surface area (Å²) in [5.74, 6) is -2.02. The van der Waals surface area contributed by atoms with Crippen molar-refractivity contribution in [2.45, 2.75) is 0 Å². The monoisotopic (exact) mass is 332 g/mol. The quantitative estimate of drug-likeness (QED) is 0.490. The molecule has 0 fully saturated rings. The van der Waals surface area contributed by atoms with Gasteiger partial charge in [0.2, 0.25) is 0 Å². The van der Waals surface area contributed by atoms with Gasteiger partial charge >= 0.3 is 5.97 Å². The summed E-state index contributed by atoms with van der Waals surface area (Å²) in [6, 6.07) is 1.96. The summed E-state index contributed by atoms with van der Waals surface area (Å²) in [4.78, 5) is 34.0. The normalized spacial score (nSPS) is 10.0. The zero-order valence-corrected chi connectivity index (χ0v) is 12.1. The maximum atomic E-state index is 12.3. The van der Waals surface area contributed by atoms with E-state index in [1.165, 1.54) is 6.08 Å². The minimum absolute atomic E-state index is 0.0538. The minimum Gasteiger partial charge on any atom is -0.480 e. The first-order valence-electron chi connectivity index (χ1n) is 5.53. The standard InChI is InChI=1S/C12H10Cl2N2O5/c1-2-3-15(6-10(17)18)12(19)8-4-7(16(20)21)5-9(13)11(8)14/h2,4-5H,1,3,6H2,(H,17,18). The van der Waals surface area contributed by atoms with E-state index in [2.05, 4.69) is 6.58 Å². The highest BCUT2D eigenvalue weighted by atomic mass is 35.5. The van der Waals surface area contributed by atoms with E-state index in [-0.39, 0.29) is 22.2 Å². The Labute approximate surface area is 129 Å². The van der Waals surface area contributed by atoms with Gasteiger partial charge in [-0.1, -0.05) is 29.3 Å². The molecule has 1 amide bonds. The molecular weight excluding hydrogens is 323 g/mol. The molecule has 0 saturated carbocycles. The number of hydrogen-bond acceptors (Lipinski definition) is 4. The fourth-order valence-electron chi connectivity index (χ4n) is 1.54. The Morgan fingerprint density at radius 3 is 2.52 bits per heavy atom. The molecule has 7 nitrogen and oxygen atoms in total. The second-order valence-electron chi connectivity index (χ2n) is 3.91. The third-order valence-corrected chi connectivity index (χ3v) is 3.22. The van der Waals surface area contributed by atoms with E-state index in [9.17, 15) is 19.7 Å². The Hall–Kier alpha value is -2.12. The van der Waals surface area contributed by atoms with Gasteiger partial charge in [-0.2, -0.15) is 0 Å². The Bertz CT molecular complexity index is 618. The van der Waals surface area contributed by atoms with Gasteiger partial charge in [-0.15, -0.1) is 6.58 Å². The molecule has 0 aromatic heterocycles. The van der Waals surface area contributed by atoms with Gasteiger partial charge in [-0.25, -0.2) is 0 Å². The Morgan fingerprint density at radius 2 is 2.05 bits per heavy atom. The van der Waals surface area contributed by atoms with E-state index in [1.807, 2.05) is 0 Å². The molecule has 0 bridgehead atoms. The minimum atomic E-state index is -1.24. The summed E-state index contributed by atoms with van der Waals surface area (Å²) < 4.78 is 0. The van der Waals surface area contributed by atoms with Crippen molar-refractivity contribution in [2.24, 2.45) is 0 Å². The molecule has 21 heavy (non-hydrogen) atoms. The third kappa shape index (κ3) is 4.17. The molecule has 0 radical (unpaired) electrons. The molecule has 1 rings (SSSR count). The van der Waals surface area contributed by atoms with Crippen LogP contribution in [0.1, 0.15) is 10.4 Å². The summed E-state index contributed by atoms with van der Waals surface area (Å²) >= 11 is 11.6. The van der Waals surface area contributed by atoms with Crippen molar-refractivity contribution in [3.05, 3.63) is 50.5 Å². The van der Waals surface area contributed by atoms with Crippen molar-refractivity contribution in [3.8, 4) is 0 Å². The number of rotatable bonds is 6. The van der Waals surface area contributed by atoms with Crippen LogP contribution in [-0.2, 0) is 4.79 Å². The zero-order chi connectivity index (χ0) is 16.2. The van der Waals surface area contributed by atoms with Crippen molar-refractivity contribution in [2.75, 3.05) is 13.1 Å². The number of nitrogens with zero attached hydrogens (tertiary/aromatic N) is 2. The molecule has 0 atom stereocenters. The van der Waals surface area contributed by atoms with Gasteiger partial charge < -0.3 is 10.0 Å². The predicted octanol–water partition coefficient (Wildman–Crippen LogP) is 2.61. The zero-order valence-electron chi connectivity index (χ0n) is 10.6. The molecule has 0 aliphatic rings. The molecule has 1 aromatic rings. The summed E-state index contributed by atoms with van der Waals surface area (Å²) in [6.45, 7) is 2.77. The number of aliphatic carboxylic acids is 1. The molecule has 112 valence electrons. The topological polar surface area (TPSA) is 101 Å². The maximum absolute atomic E-state index is 12.3. The Kier molecular flexibility index (Phi) is 5.69. The van der Waals surface area contributed by atoms with Crippen molar-refractivity contribution in [1.82, 2.24) is 4.90 Å². The largest absolute Gasteiger partial charge is 0.480 e. The first kappa shape index (κ1) is 16.9. The van der Waals surface area contributed by atoms with Crippen molar-refractivity contribution in [3.63, 3.8) is 0 Å². The third-order valence-electron chi connectivity index (χ3n) is 2.42. The molecule has 0 heterocycles. The molecule has 0 aliphatic heterocycles. The van der Waals surface area contributed by atoms with E-state index in [0.29, 0.717) is 0 Å². The van der Waals surface area contributed by atoms with Crippen molar-refractivity contribution < 1.29 is 19.6 Å². The van der Waals surface area contributed by atoms with Gasteiger partial charge in [0.05, 0.1) is 20.5 Å². The first-order chi connectivity index (χ1) is 9.77.